The Bertz CT molecular complexity index is 3540. The molecule has 0 bridgehead atoms. The van der Waals surface area contributed by atoms with Crippen molar-refractivity contribution in [2.24, 2.45) is 0 Å². The first-order valence-electron chi connectivity index (χ1n) is 22.4. The molecule has 0 aliphatic rings. The quantitative estimate of drug-likeness (QED) is 0.158. The lowest BCUT2D eigenvalue weighted by Gasteiger charge is -2.27. The fraction of sp³-hybridized carbons (Fsp3) is 0.0159. The lowest BCUT2D eigenvalue weighted by Crippen LogP contribution is -2.10. The number of para-hydroxylation sites is 4. The summed E-state index contributed by atoms with van der Waals surface area (Å²) in [6.45, 7) is 0. The Labute approximate surface area is 379 Å². The van der Waals surface area contributed by atoms with Crippen molar-refractivity contribution in [3.8, 4) is 22.3 Å². The highest BCUT2D eigenvalue weighted by Crippen LogP contribution is 2.56. The van der Waals surface area contributed by atoms with Gasteiger partial charge in [0, 0.05) is 35.2 Å². The molecule has 0 radical (unpaired) electrons. The van der Waals surface area contributed by atoms with Gasteiger partial charge in [-0.05, 0) is 136 Å². The first-order chi connectivity index (χ1) is 32.2. The second-order valence-corrected chi connectivity index (χ2v) is 16.8. The van der Waals surface area contributed by atoms with Crippen molar-refractivity contribution in [1.29, 1.82) is 0 Å². The van der Waals surface area contributed by atoms with Crippen LogP contribution in [0, 0.1) is 0 Å². The van der Waals surface area contributed by atoms with E-state index in [-0.39, 0.29) is 0 Å². The Kier molecular flexibility index (Phi) is 9.43. The minimum atomic E-state index is 1.14. The van der Waals surface area contributed by atoms with Gasteiger partial charge < -0.3 is 9.80 Å². The summed E-state index contributed by atoms with van der Waals surface area (Å²) in [4.78, 5) is 4.57. The second-order valence-electron chi connectivity index (χ2n) is 16.8. The van der Waals surface area contributed by atoms with Gasteiger partial charge in [0.15, 0.2) is 0 Å². The Balaban J connectivity index is 0.000000272. The molecule has 0 atom stereocenters. The van der Waals surface area contributed by atoms with Crippen LogP contribution < -0.4 is 9.80 Å². The van der Waals surface area contributed by atoms with Gasteiger partial charge in [0.2, 0.25) is 0 Å². The van der Waals surface area contributed by atoms with Gasteiger partial charge in [0.25, 0.3) is 0 Å². The van der Waals surface area contributed by atoms with E-state index in [0.29, 0.717) is 0 Å². The van der Waals surface area contributed by atoms with Gasteiger partial charge in [0.05, 0.1) is 5.69 Å². The van der Waals surface area contributed by atoms with E-state index in [0.717, 1.165) is 11.4 Å². The Morgan fingerprint density at radius 2 is 0.585 bits per heavy atom. The van der Waals surface area contributed by atoms with E-state index in [9.17, 15) is 0 Å². The van der Waals surface area contributed by atoms with Crippen molar-refractivity contribution in [1.82, 2.24) is 0 Å². The third-order valence-corrected chi connectivity index (χ3v) is 13.2. The Morgan fingerprint density at radius 1 is 0.246 bits per heavy atom. The van der Waals surface area contributed by atoms with Crippen LogP contribution >= 0.6 is 0 Å². The van der Waals surface area contributed by atoms with Gasteiger partial charge in [-0.1, -0.05) is 194 Å². The molecule has 0 saturated carbocycles. The fourth-order valence-electron chi connectivity index (χ4n) is 10.4. The molecule has 2 nitrogen and oxygen atoms in total. The average Bonchev–Trinajstić information content (AvgIpc) is 3.90. The van der Waals surface area contributed by atoms with Crippen LogP contribution in [0.15, 0.2) is 249 Å². The summed E-state index contributed by atoms with van der Waals surface area (Å²) < 4.78 is 0. The highest BCUT2D eigenvalue weighted by molar-refractivity contribution is 6.47. The lowest BCUT2D eigenvalue weighted by atomic mass is 9.87. The molecule has 0 spiro atoms. The maximum atomic E-state index is 2.40. The van der Waals surface area contributed by atoms with E-state index < -0.39 is 0 Å². The highest BCUT2D eigenvalue weighted by atomic mass is 15.1. The number of fused-ring (bicyclic) bond motifs is 6. The maximum Gasteiger partial charge on any atom is 0.0540 e. The van der Waals surface area contributed by atoms with Gasteiger partial charge in [-0.3, -0.25) is 0 Å². The van der Waals surface area contributed by atoms with Gasteiger partial charge >= 0.3 is 0 Å². The molecule has 0 N–H and O–H groups in total. The first-order valence-corrected chi connectivity index (χ1v) is 22.4. The third kappa shape index (κ3) is 6.33. The molecule has 13 aromatic carbocycles. The molecule has 2 heteroatoms. The monoisotopic (exact) mass is 828 g/mol. The molecule has 13 rings (SSSR count). The minimum absolute atomic E-state index is 1.14. The number of benzene rings is 11. The molecular formula is C63H44N2. The summed E-state index contributed by atoms with van der Waals surface area (Å²) >= 11 is 0. The van der Waals surface area contributed by atoms with Gasteiger partial charge in [-0.15, -0.1) is 0 Å². The number of hydrogen-bond acceptors (Lipinski definition) is 2. The standard InChI is InChI=1S/C50H31N.C13H13N/c1-5-16-33(17-6-1)44-47-38-27-13-20-32-21-14-28-39(43(32)38)48(47)45(34-18-7-2-8-19-34)50-41-30-31-42(37-26-15-29-40(46(37)41)49(44)50)51(35-22-9-3-10-23-35)36-24-11-4-12-25-36;1-14(12-8-4-2-5-9-12)13-10-6-3-7-11-13/h1-31H;2-11H,1H3. The van der Waals surface area contributed by atoms with Gasteiger partial charge in [0.1, 0.15) is 0 Å². The van der Waals surface area contributed by atoms with Crippen LogP contribution in [0.4, 0.5) is 28.4 Å². The molecule has 0 unspecified atom stereocenters. The van der Waals surface area contributed by atoms with Crippen LogP contribution in [0.3, 0.4) is 0 Å². The molecular weight excluding hydrogens is 785 g/mol. The molecule has 0 amide bonds. The van der Waals surface area contributed by atoms with Gasteiger partial charge in [-0.25, -0.2) is 0 Å². The van der Waals surface area contributed by atoms with Crippen molar-refractivity contribution in [3.63, 3.8) is 0 Å². The van der Waals surface area contributed by atoms with Crippen molar-refractivity contribution >= 4 is 93.1 Å². The van der Waals surface area contributed by atoms with E-state index in [1.807, 2.05) is 12.1 Å². The van der Waals surface area contributed by atoms with E-state index in [2.05, 4.69) is 253 Å². The zero-order valence-electron chi connectivity index (χ0n) is 36.1. The first kappa shape index (κ1) is 38.2. The molecule has 13 aromatic rings. The van der Waals surface area contributed by atoms with E-state index in [1.54, 1.807) is 0 Å². The summed E-state index contributed by atoms with van der Waals surface area (Å²) in [6.07, 6.45) is 0. The molecule has 306 valence electrons. The zero-order chi connectivity index (χ0) is 43.3. The topological polar surface area (TPSA) is 6.48 Å². The summed E-state index contributed by atoms with van der Waals surface area (Å²) in [6, 6.07) is 89.6. The summed E-state index contributed by atoms with van der Waals surface area (Å²) in [7, 11) is 2.07. The second kappa shape index (κ2) is 16.0. The fourth-order valence-corrected chi connectivity index (χ4v) is 10.4. The maximum absolute atomic E-state index is 2.40. The molecule has 0 aliphatic carbocycles. The number of hydrogen-bond donors (Lipinski definition) is 0. The number of anilines is 5. The Morgan fingerprint density at radius 3 is 1.02 bits per heavy atom. The number of nitrogens with zero attached hydrogens (tertiary/aromatic N) is 2. The SMILES string of the molecule is CN(c1ccccc1)c1ccccc1.c1ccc(-c2c3c4cccc5cccc(c3c(-c3ccccc3)c3c6ccc(N(c7ccccc7)c7ccccc7)c7cccc(c23)c76)c54)cc1. The predicted molar refractivity (Wildman–Crippen MR) is 280 cm³/mol. The molecule has 0 fully saturated rings. The average molecular weight is 829 g/mol. The largest absolute Gasteiger partial charge is 0.345 e. The van der Waals surface area contributed by atoms with Crippen LogP contribution in [-0.4, -0.2) is 7.05 Å². The van der Waals surface area contributed by atoms with Crippen molar-refractivity contribution in [2.75, 3.05) is 16.8 Å². The molecule has 0 saturated heterocycles. The molecule has 65 heavy (non-hydrogen) atoms. The molecule has 0 heterocycles. The predicted octanol–water partition coefficient (Wildman–Crippen LogP) is 17.7. The van der Waals surface area contributed by atoms with E-state index in [1.165, 1.54) is 104 Å². The minimum Gasteiger partial charge on any atom is -0.345 e. The van der Waals surface area contributed by atoms with Gasteiger partial charge in [-0.2, -0.15) is 0 Å². The number of rotatable bonds is 7. The Hall–Kier alpha value is -8.46. The lowest BCUT2D eigenvalue weighted by molar-refractivity contribution is 1.21. The highest BCUT2D eigenvalue weighted by Gasteiger charge is 2.28. The smallest absolute Gasteiger partial charge is 0.0540 e. The van der Waals surface area contributed by atoms with Crippen molar-refractivity contribution < 1.29 is 0 Å². The van der Waals surface area contributed by atoms with E-state index in [4.69, 9.17) is 0 Å². The van der Waals surface area contributed by atoms with Crippen LogP contribution in [0.5, 0.6) is 0 Å². The summed E-state index contributed by atoms with van der Waals surface area (Å²) in [5, 5.41) is 15.7. The van der Waals surface area contributed by atoms with Crippen LogP contribution in [0.2, 0.25) is 0 Å². The molecule has 0 aromatic heterocycles. The zero-order valence-corrected chi connectivity index (χ0v) is 36.1. The normalized spacial score (nSPS) is 11.5. The molecule has 0 aliphatic heterocycles. The van der Waals surface area contributed by atoms with Crippen LogP contribution in [-0.2, 0) is 0 Å². The summed E-state index contributed by atoms with van der Waals surface area (Å²) in [5.74, 6) is 0. The van der Waals surface area contributed by atoms with Crippen molar-refractivity contribution in [3.05, 3.63) is 249 Å². The van der Waals surface area contributed by atoms with Crippen molar-refractivity contribution in [2.45, 2.75) is 0 Å². The van der Waals surface area contributed by atoms with E-state index >= 15 is 0 Å². The van der Waals surface area contributed by atoms with Crippen LogP contribution in [0.1, 0.15) is 0 Å². The summed E-state index contributed by atoms with van der Waals surface area (Å²) in [5.41, 5.74) is 11.0. The third-order valence-electron chi connectivity index (χ3n) is 13.2. The van der Waals surface area contributed by atoms with Crippen LogP contribution in [0.25, 0.3) is 86.9 Å².